The quantitative estimate of drug-likeness (QED) is 0.402. The lowest BCUT2D eigenvalue weighted by Gasteiger charge is -2.31. The maximum absolute atomic E-state index is 13.3. The van der Waals surface area contributed by atoms with E-state index in [0.717, 1.165) is 11.0 Å². The minimum Gasteiger partial charge on any atom is -0.480 e. The van der Waals surface area contributed by atoms with Crippen LogP contribution in [-0.2, 0) is 24.0 Å². The number of furan rings is 1. The van der Waals surface area contributed by atoms with Gasteiger partial charge >= 0.3 is 5.97 Å². The van der Waals surface area contributed by atoms with Crippen molar-refractivity contribution in [1.82, 2.24) is 15.5 Å². The molecule has 1 fully saturated rings. The van der Waals surface area contributed by atoms with Crippen molar-refractivity contribution in [3.8, 4) is 0 Å². The summed E-state index contributed by atoms with van der Waals surface area (Å²) in [7, 11) is 0. The summed E-state index contributed by atoms with van der Waals surface area (Å²) in [4.78, 5) is 64.4. The van der Waals surface area contributed by atoms with Crippen molar-refractivity contribution in [2.24, 2.45) is 5.92 Å². The Morgan fingerprint density at radius 2 is 2.00 bits per heavy atom. The highest BCUT2D eigenvalue weighted by atomic mass is 16.4. The molecule has 11 heteroatoms. The second-order valence-corrected chi connectivity index (χ2v) is 8.53. The number of amides is 4. The van der Waals surface area contributed by atoms with Gasteiger partial charge in [-0.15, -0.1) is 0 Å². The molecule has 0 aliphatic carbocycles. The summed E-state index contributed by atoms with van der Waals surface area (Å²) in [5.41, 5.74) is 0. The summed E-state index contributed by atoms with van der Waals surface area (Å²) in [6, 6.07) is 0.0886. The predicted molar refractivity (Wildman–Crippen MR) is 123 cm³/mol. The number of hydrogen-bond donors (Lipinski definition) is 3. The Kier molecular flexibility index (Phi) is 9.40. The average molecular weight is 477 g/mol. The van der Waals surface area contributed by atoms with Crippen molar-refractivity contribution in [1.29, 1.82) is 0 Å². The highest BCUT2D eigenvalue weighted by Crippen LogP contribution is 2.25. The molecule has 1 aliphatic rings. The third kappa shape index (κ3) is 6.69. The Balaban J connectivity index is 2.09. The number of carboxylic acids is 1. The van der Waals surface area contributed by atoms with Crippen LogP contribution < -0.4 is 15.5 Å². The van der Waals surface area contributed by atoms with Gasteiger partial charge in [0, 0.05) is 12.6 Å². The maximum Gasteiger partial charge on any atom is 0.326 e. The molecule has 1 aromatic heterocycles. The molecule has 1 aliphatic heterocycles. The van der Waals surface area contributed by atoms with Crippen LogP contribution >= 0.6 is 0 Å². The first kappa shape index (κ1) is 26.6. The lowest BCUT2D eigenvalue weighted by molar-refractivity contribution is -0.141. The number of likely N-dealkylation sites (tertiary alicyclic amines) is 1. The van der Waals surface area contributed by atoms with Crippen LogP contribution in [0.25, 0.3) is 0 Å². The highest BCUT2D eigenvalue weighted by molar-refractivity contribution is 6.03. The Labute approximate surface area is 198 Å². The van der Waals surface area contributed by atoms with E-state index in [4.69, 9.17) is 4.42 Å². The van der Waals surface area contributed by atoms with Crippen molar-refractivity contribution in [3.05, 3.63) is 31.1 Å². The number of carbonyl (C=O) groups excluding carboxylic acids is 4. The lowest BCUT2D eigenvalue weighted by Crippen LogP contribution is -2.54. The van der Waals surface area contributed by atoms with Crippen molar-refractivity contribution in [2.45, 2.75) is 58.2 Å². The fourth-order valence-electron chi connectivity index (χ4n) is 3.81. The fraction of sp³-hybridized carbons (Fsp3) is 0.522. The summed E-state index contributed by atoms with van der Waals surface area (Å²) >= 11 is 0. The zero-order valence-electron chi connectivity index (χ0n) is 19.7. The van der Waals surface area contributed by atoms with Gasteiger partial charge in [0.05, 0.1) is 12.8 Å². The van der Waals surface area contributed by atoms with E-state index >= 15 is 0 Å². The molecule has 11 nitrogen and oxygen atoms in total. The number of carboxylic acid groups (broad SMARTS) is 1. The topological polar surface area (TPSA) is 149 Å². The molecule has 3 atom stereocenters. The molecule has 0 spiro atoms. The molecule has 0 unspecified atom stereocenters. The Morgan fingerprint density at radius 3 is 2.56 bits per heavy atom. The van der Waals surface area contributed by atoms with E-state index < -0.39 is 47.7 Å². The summed E-state index contributed by atoms with van der Waals surface area (Å²) < 4.78 is 5.26. The van der Waals surface area contributed by atoms with Gasteiger partial charge in [0.15, 0.2) is 0 Å². The molecule has 34 heavy (non-hydrogen) atoms. The number of rotatable bonds is 11. The van der Waals surface area contributed by atoms with Crippen LogP contribution in [0.1, 0.15) is 40.0 Å². The molecule has 2 rings (SSSR count). The zero-order valence-corrected chi connectivity index (χ0v) is 19.7. The second-order valence-electron chi connectivity index (χ2n) is 8.53. The molecule has 2 heterocycles. The van der Waals surface area contributed by atoms with E-state index in [0.29, 0.717) is 25.8 Å². The van der Waals surface area contributed by atoms with Gasteiger partial charge in [-0.3, -0.25) is 24.1 Å². The van der Waals surface area contributed by atoms with Crippen LogP contribution in [0.2, 0.25) is 0 Å². The minimum absolute atomic E-state index is 0.0713. The van der Waals surface area contributed by atoms with Gasteiger partial charge in [-0.05, 0) is 44.2 Å². The molecule has 1 aromatic rings. The first-order chi connectivity index (χ1) is 16.1. The van der Waals surface area contributed by atoms with Gasteiger partial charge < -0.3 is 25.1 Å². The van der Waals surface area contributed by atoms with Crippen molar-refractivity contribution in [3.63, 3.8) is 0 Å². The highest BCUT2D eigenvalue weighted by Gasteiger charge is 2.40. The number of carbonyl (C=O) groups is 5. The fourth-order valence-corrected chi connectivity index (χ4v) is 3.81. The van der Waals surface area contributed by atoms with E-state index in [2.05, 4.69) is 17.2 Å². The standard InChI is InChI=1S/C23H32N4O7/c1-5-18(28)25-16(12-14(2)3)21(30)24-13-19(29)26-10-6-8-17(26)22(31)27(15(4)23(32)33)20-9-7-11-34-20/h5,7,9,11,14-17H,1,6,8,10,12-13H2,2-4H3,(H,24,30)(H,25,28)(H,32,33)/t15-,16-,17-/m0/s1. The Hall–Kier alpha value is -3.63. The van der Waals surface area contributed by atoms with Gasteiger partial charge in [-0.2, -0.15) is 0 Å². The van der Waals surface area contributed by atoms with Crippen LogP contribution in [0, 0.1) is 5.92 Å². The number of nitrogens with zero attached hydrogens (tertiary/aromatic N) is 2. The monoisotopic (exact) mass is 476 g/mol. The van der Waals surface area contributed by atoms with Crippen LogP contribution in [0.3, 0.4) is 0 Å². The third-order valence-corrected chi connectivity index (χ3v) is 5.52. The van der Waals surface area contributed by atoms with Crippen LogP contribution in [-0.4, -0.2) is 70.8 Å². The molecule has 0 aromatic carbocycles. The first-order valence-corrected chi connectivity index (χ1v) is 11.2. The number of anilines is 1. The lowest BCUT2D eigenvalue weighted by atomic mass is 10.0. The maximum atomic E-state index is 13.3. The van der Waals surface area contributed by atoms with Crippen molar-refractivity contribution < 1.29 is 33.5 Å². The minimum atomic E-state index is -1.22. The normalized spacial score (nSPS) is 17.1. The first-order valence-electron chi connectivity index (χ1n) is 11.2. The van der Waals surface area contributed by atoms with E-state index in [1.165, 1.54) is 30.2 Å². The van der Waals surface area contributed by atoms with Crippen LogP contribution in [0.5, 0.6) is 0 Å². The predicted octanol–water partition coefficient (Wildman–Crippen LogP) is 0.910. The van der Waals surface area contributed by atoms with Crippen molar-refractivity contribution >= 4 is 35.5 Å². The zero-order chi connectivity index (χ0) is 25.4. The summed E-state index contributed by atoms with van der Waals surface area (Å²) in [5.74, 6) is -3.10. The van der Waals surface area contributed by atoms with E-state index in [1.807, 2.05) is 13.8 Å². The molecule has 0 saturated carbocycles. The molecule has 0 bridgehead atoms. The van der Waals surface area contributed by atoms with Gasteiger partial charge in [0.1, 0.15) is 18.1 Å². The second kappa shape index (κ2) is 12.0. The number of aliphatic carboxylic acids is 1. The molecule has 4 amide bonds. The largest absolute Gasteiger partial charge is 0.480 e. The van der Waals surface area contributed by atoms with Crippen LogP contribution in [0.15, 0.2) is 35.5 Å². The molecule has 1 saturated heterocycles. The summed E-state index contributed by atoms with van der Waals surface area (Å²) in [5, 5.41) is 14.5. The average Bonchev–Trinajstić information content (AvgIpc) is 3.48. The van der Waals surface area contributed by atoms with Gasteiger partial charge in [0.25, 0.3) is 5.91 Å². The summed E-state index contributed by atoms with van der Waals surface area (Å²) in [6.45, 7) is 8.46. The van der Waals surface area contributed by atoms with Gasteiger partial charge in [0.2, 0.25) is 23.6 Å². The Morgan fingerprint density at radius 1 is 1.29 bits per heavy atom. The van der Waals surface area contributed by atoms with E-state index in [1.54, 1.807) is 0 Å². The third-order valence-electron chi connectivity index (χ3n) is 5.52. The SMILES string of the molecule is C=CC(=O)N[C@@H](CC(C)C)C(=O)NCC(=O)N1CCC[C@H]1C(=O)N(c1ccco1)[C@@H](C)C(=O)O. The van der Waals surface area contributed by atoms with Crippen molar-refractivity contribution in [2.75, 3.05) is 18.0 Å². The van der Waals surface area contributed by atoms with Gasteiger partial charge in [-0.25, -0.2) is 4.79 Å². The van der Waals surface area contributed by atoms with Gasteiger partial charge in [-0.1, -0.05) is 20.4 Å². The smallest absolute Gasteiger partial charge is 0.326 e. The number of hydrogen-bond acceptors (Lipinski definition) is 6. The molecule has 3 N–H and O–H groups in total. The molecular weight excluding hydrogens is 444 g/mol. The van der Waals surface area contributed by atoms with Crippen LogP contribution in [0.4, 0.5) is 5.88 Å². The molecule has 0 radical (unpaired) electrons. The van der Waals surface area contributed by atoms with E-state index in [-0.39, 0.29) is 18.3 Å². The van der Waals surface area contributed by atoms with E-state index in [9.17, 15) is 29.1 Å². The Bertz CT molecular complexity index is 912. The molecule has 186 valence electrons. The number of nitrogens with one attached hydrogen (secondary N) is 2. The summed E-state index contributed by atoms with van der Waals surface area (Å²) in [6.07, 6.45) is 3.67. The molecular formula is C23H32N4O7.